The van der Waals surface area contributed by atoms with E-state index in [0.29, 0.717) is 22.8 Å². The number of nitrogens with one attached hydrogen (secondary N) is 1. The van der Waals surface area contributed by atoms with E-state index < -0.39 is 0 Å². The molecule has 134 valence electrons. The molecule has 0 aliphatic rings. The minimum absolute atomic E-state index is 0.0518. The summed E-state index contributed by atoms with van der Waals surface area (Å²) in [7, 11) is 0. The number of fused-ring (bicyclic) bond motifs is 1. The van der Waals surface area contributed by atoms with Gasteiger partial charge in [-0.15, -0.1) is 0 Å². The number of nitrogens with zero attached hydrogens (tertiary/aromatic N) is 2. The molecule has 0 aliphatic carbocycles. The van der Waals surface area contributed by atoms with Gasteiger partial charge in [-0.05, 0) is 30.7 Å². The highest BCUT2D eigenvalue weighted by Gasteiger charge is 2.09. The van der Waals surface area contributed by atoms with E-state index in [4.69, 9.17) is 4.74 Å². The van der Waals surface area contributed by atoms with Crippen LogP contribution < -0.4 is 15.6 Å². The zero-order valence-corrected chi connectivity index (χ0v) is 15.0. The molecule has 0 aliphatic heterocycles. The molecule has 1 amide bonds. The summed E-state index contributed by atoms with van der Waals surface area (Å²) in [5.74, 6) is 0.487. The third-order valence-electron chi connectivity index (χ3n) is 3.98. The molecular weight excluding hydrogens is 330 g/mol. The van der Waals surface area contributed by atoms with Crippen LogP contribution in [0, 0.1) is 12.8 Å². The van der Waals surface area contributed by atoms with Crippen LogP contribution in [0.2, 0.25) is 0 Å². The lowest BCUT2D eigenvalue weighted by Crippen LogP contribution is -2.18. The van der Waals surface area contributed by atoms with Gasteiger partial charge in [0.05, 0.1) is 5.69 Å². The number of ether oxygens (including phenoxy) is 1. The first-order valence-corrected chi connectivity index (χ1v) is 8.45. The fourth-order valence-electron chi connectivity index (χ4n) is 2.45. The summed E-state index contributed by atoms with van der Waals surface area (Å²) in [6, 6.07) is 12.4. The molecule has 0 bridgehead atoms. The van der Waals surface area contributed by atoms with E-state index in [-0.39, 0.29) is 24.0 Å². The maximum atomic E-state index is 12.1. The molecule has 6 heteroatoms. The summed E-state index contributed by atoms with van der Waals surface area (Å²) in [6.45, 7) is 5.77. The number of carbonyl (C=O) groups is 1. The molecule has 0 saturated carbocycles. The molecule has 1 N–H and O–H groups in total. The number of aryl methyl sites for hydroxylation is 1. The average molecular weight is 351 g/mol. The summed E-state index contributed by atoms with van der Waals surface area (Å²) >= 11 is 0. The fraction of sp³-hybridized carbons (Fsp3) is 0.250. The van der Waals surface area contributed by atoms with Crippen LogP contribution in [0.3, 0.4) is 0 Å². The standard InChI is InChI=1S/C20H21N3O3/c1-13(2)20(25)22-15-8-7-14(3)17(10-15)26-12-16-11-19(24)23-9-5-4-6-18(23)21-16/h4-11,13H,12H2,1-3H3,(H,22,25). The molecule has 0 fully saturated rings. The van der Waals surface area contributed by atoms with Gasteiger partial charge in [0.1, 0.15) is 18.0 Å². The molecule has 0 unspecified atom stereocenters. The molecule has 3 aromatic rings. The highest BCUT2D eigenvalue weighted by atomic mass is 16.5. The maximum Gasteiger partial charge on any atom is 0.258 e. The Morgan fingerprint density at radius 1 is 1.23 bits per heavy atom. The number of hydrogen-bond acceptors (Lipinski definition) is 4. The zero-order valence-electron chi connectivity index (χ0n) is 15.0. The Kier molecular flexibility index (Phi) is 5.02. The first-order chi connectivity index (χ1) is 12.4. The third kappa shape index (κ3) is 3.91. The quantitative estimate of drug-likeness (QED) is 0.766. The molecule has 6 nitrogen and oxygen atoms in total. The summed E-state index contributed by atoms with van der Waals surface area (Å²) in [6.07, 6.45) is 1.68. The number of benzene rings is 1. The predicted molar refractivity (Wildman–Crippen MR) is 100 cm³/mol. The molecule has 1 aromatic carbocycles. The van der Waals surface area contributed by atoms with Crippen molar-refractivity contribution in [1.82, 2.24) is 9.38 Å². The van der Waals surface area contributed by atoms with Gasteiger partial charge in [0.2, 0.25) is 5.91 Å². The summed E-state index contributed by atoms with van der Waals surface area (Å²) in [4.78, 5) is 28.4. The average Bonchev–Trinajstić information content (AvgIpc) is 2.62. The Labute approximate surface area is 151 Å². The van der Waals surface area contributed by atoms with Crippen LogP contribution >= 0.6 is 0 Å². The summed E-state index contributed by atoms with van der Waals surface area (Å²) in [5.41, 5.74) is 2.59. The van der Waals surface area contributed by atoms with Crippen molar-refractivity contribution in [3.05, 3.63) is 70.3 Å². The molecular formula is C20H21N3O3. The van der Waals surface area contributed by atoms with Gasteiger partial charge < -0.3 is 10.1 Å². The highest BCUT2D eigenvalue weighted by Crippen LogP contribution is 2.24. The van der Waals surface area contributed by atoms with Gasteiger partial charge in [0, 0.05) is 29.9 Å². The largest absolute Gasteiger partial charge is 0.487 e. The van der Waals surface area contributed by atoms with E-state index in [2.05, 4.69) is 10.3 Å². The minimum Gasteiger partial charge on any atom is -0.487 e. The van der Waals surface area contributed by atoms with Crippen LogP contribution in [-0.2, 0) is 11.4 Å². The Hall–Kier alpha value is -3.15. The molecule has 0 radical (unpaired) electrons. The first-order valence-electron chi connectivity index (χ1n) is 8.45. The van der Waals surface area contributed by atoms with Gasteiger partial charge in [-0.3, -0.25) is 14.0 Å². The lowest BCUT2D eigenvalue weighted by atomic mass is 10.1. The molecule has 0 spiro atoms. The number of hydrogen-bond donors (Lipinski definition) is 1. The number of pyridine rings is 1. The lowest BCUT2D eigenvalue weighted by molar-refractivity contribution is -0.118. The van der Waals surface area contributed by atoms with E-state index in [1.165, 1.54) is 10.5 Å². The van der Waals surface area contributed by atoms with E-state index in [1.807, 2.05) is 39.0 Å². The molecule has 0 atom stereocenters. The van der Waals surface area contributed by atoms with Crippen molar-refractivity contribution in [2.24, 2.45) is 5.92 Å². The van der Waals surface area contributed by atoms with Crippen molar-refractivity contribution in [1.29, 1.82) is 0 Å². The predicted octanol–water partition coefficient (Wildman–Crippen LogP) is 3.18. The van der Waals surface area contributed by atoms with Crippen molar-refractivity contribution in [3.8, 4) is 5.75 Å². The van der Waals surface area contributed by atoms with Crippen LogP contribution in [0.1, 0.15) is 25.1 Å². The van der Waals surface area contributed by atoms with Crippen LogP contribution in [0.4, 0.5) is 5.69 Å². The van der Waals surface area contributed by atoms with Gasteiger partial charge in [-0.25, -0.2) is 4.98 Å². The van der Waals surface area contributed by atoms with Gasteiger partial charge >= 0.3 is 0 Å². The molecule has 3 rings (SSSR count). The second kappa shape index (κ2) is 7.39. The Morgan fingerprint density at radius 3 is 2.81 bits per heavy atom. The number of carbonyl (C=O) groups excluding carboxylic acids is 1. The van der Waals surface area contributed by atoms with E-state index in [9.17, 15) is 9.59 Å². The Morgan fingerprint density at radius 2 is 2.04 bits per heavy atom. The Bertz CT molecular complexity index is 1010. The van der Waals surface area contributed by atoms with Gasteiger partial charge in [-0.1, -0.05) is 26.0 Å². The van der Waals surface area contributed by atoms with E-state index in [1.54, 1.807) is 24.4 Å². The van der Waals surface area contributed by atoms with Gasteiger partial charge in [0.25, 0.3) is 5.56 Å². The minimum atomic E-state index is -0.149. The molecule has 2 heterocycles. The first kappa shape index (κ1) is 17.7. The van der Waals surface area contributed by atoms with Gasteiger partial charge in [0.15, 0.2) is 0 Å². The van der Waals surface area contributed by atoms with Gasteiger partial charge in [-0.2, -0.15) is 0 Å². The number of aromatic nitrogens is 2. The monoisotopic (exact) mass is 351 g/mol. The van der Waals surface area contributed by atoms with Crippen molar-refractivity contribution in [2.45, 2.75) is 27.4 Å². The van der Waals surface area contributed by atoms with E-state index >= 15 is 0 Å². The smallest absolute Gasteiger partial charge is 0.258 e. The molecule has 0 saturated heterocycles. The topological polar surface area (TPSA) is 72.7 Å². The highest BCUT2D eigenvalue weighted by molar-refractivity contribution is 5.92. The Balaban J connectivity index is 1.79. The molecule has 2 aromatic heterocycles. The molecule has 26 heavy (non-hydrogen) atoms. The van der Waals surface area contributed by atoms with Crippen LogP contribution in [-0.4, -0.2) is 15.3 Å². The lowest BCUT2D eigenvalue weighted by Gasteiger charge is -2.13. The van der Waals surface area contributed by atoms with Crippen molar-refractivity contribution < 1.29 is 9.53 Å². The third-order valence-corrected chi connectivity index (χ3v) is 3.98. The van der Waals surface area contributed by atoms with Crippen LogP contribution in [0.5, 0.6) is 5.75 Å². The second-order valence-electron chi connectivity index (χ2n) is 6.43. The maximum absolute atomic E-state index is 12.1. The number of rotatable bonds is 5. The SMILES string of the molecule is Cc1ccc(NC(=O)C(C)C)cc1OCc1cc(=O)n2ccccc2n1. The van der Waals surface area contributed by atoms with Crippen molar-refractivity contribution in [2.75, 3.05) is 5.32 Å². The fourth-order valence-corrected chi connectivity index (χ4v) is 2.45. The van der Waals surface area contributed by atoms with Crippen molar-refractivity contribution in [3.63, 3.8) is 0 Å². The summed E-state index contributed by atoms with van der Waals surface area (Å²) in [5, 5.41) is 2.85. The second-order valence-corrected chi connectivity index (χ2v) is 6.43. The number of amides is 1. The van der Waals surface area contributed by atoms with Crippen molar-refractivity contribution >= 4 is 17.2 Å². The van der Waals surface area contributed by atoms with E-state index in [0.717, 1.165) is 5.56 Å². The number of anilines is 1. The van der Waals surface area contributed by atoms with Crippen LogP contribution in [0.25, 0.3) is 5.65 Å². The normalized spacial score (nSPS) is 10.9. The summed E-state index contributed by atoms with van der Waals surface area (Å²) < 4.78 is 7.33. The zero-order chi connectivity index (χ0) is 18.7. The van der Waals surface area contributed by atoms with Crippen LogP contribution in [0.15, 0.2) is 53.5 Å².